The van der Waals surface area contributed by atoms with Crippen LogP contribution in [-0.2, 0) is 6.54 Å². The molecule has 1 aromatic rings. The summed E-state index contributed by atoms with van der Waals surface area (Å²) in [6, 6.07) is 3.71. The number of rotatable bonds is 5. The second-order valence-electron chi connectivity index (χ2n) is 4.96. The topological polar surface area (TPSA) is 77.5 Å². The zero-order valence-electron chi connectivity index (χ0n) is 11.9. The smallest absolute Gasteiger partial charge is 0.315 e. The molecule has 110 valence electrons. The van der Waals surface area contributed by atoms with Gasteiger partial charge in [0.1, 0.15) is 5.82 Å². The van der Waals surface area contributed by atoms with Crippen molar-refractivity contribution in [3.05, 3.63) is 23.4 Å². The number of aliphatic hydroxyl groups is 1. The Kier molecular flexibility index (Phi) is 5.17. The number of amides is 2. The monoisotopic (exact) mass is 278 g/mol. The van der Waals surface area contributed by atoms with E-state index in [0.29, 0.717) is 6.54 Å². The number of aryl methyl sites for hydroxylation is 1. The molecule has 1 aliphatic rings. The molecule has 0 radical (unpaired) electrons. The van der Waals surface area contributed by atoms with Gasteiger partial charge in [0.05, 0.1) is 6.61 Å². The fourth-order valence-corrected chi connectivity index (χ4v) is 2.32. The van der Waals surface area contributed by atoms with Gasteiger partial charge in [0.2, 0.25) is 0 Å². The Morgan fingerprint density at radius 1 is 1.35 bits per heavy atom. The molecule has 0 spiro atoms. The van der Waals surface area contributed by atoms with Crippen LogP contribution in [0.4, 0.5) is 10.6 Å². The van der Waals surface area contributed by atoms with Crippen molar-refractivity contribution in [1.82, 2.24) is 15.6 Å². The standard InChI is InChI=1S/C14H22N4O2/c1-11-4-5-12(10-16-14(20)15-6-9-19)13(17-11)18-7-2-3-8-18/h4-5,19H,2-3,6-10H2,1H3,(H2,15,16,20). The average Bonchev–Trinajstić information content (AvgIpc) is 2.97. The Morgan fingerprint density at radius 2 is 2.10 bits per heavy atom. The molecule has 6 nitrogen and oxygen atoms in total. The normalized spacial score (nSPS) is 14.4. The van der Waals surface area contributed by atoms with Crippen LogP contribution in [0.3, 0.4) is 0 Å². The number of hydrogen-bond acceptors (Lipinski definition) is 4. The van der Waals surface area contributed by atoms with Crippen molar-refractivity contribution in [1.29, 1.82) is 0 Å². The zero-order chi connectivity index (χ0) is 14.4. The predicted octanol–water partition coefficient (Wildman–Crippen LogP) is 0.782. The van der Waals surface area contributed by atoms with Crippen molar-refractivity contribution >= 4 is 11.8 Å². The molecule has 1 aliphatic heterocycles. The van der Waals surface area contributed by atoms with Crippen molar-refractivity contribution in [2.75, 3.05) is 31.1 Å². The van der Waals surface area contributed by atoms with Gasteiger partial charge in [-0.3, -0.25) is 0 Å². The maximum atomic E-state index is 11.5. The molecule has 0 saturated carbocycles. The van der Waals surface area contributed by atoms with E-state index < -0.39 is 0 Å². The zero-order valence-corrected chi connectivity index (χ0v) is 11.9. The number of carbonyl (C=O) groups is 1. The van der Waals surface area contributed by atoms with Gasteiger partial charge in [-0.25, -0.2) is 9.78 Å². The van der Waals surface area contributed by atoms with E-state index in [2.05, 4.69) is 20.5 Å². The summed E-state index contributed by atoms with van der Waals surface area (Å²) in [6.07, 6.45) is 2.39. The fourth-order valence-electron chi connectivity index (χ4n) is 2.32. The largest absolute Gasteiger partial charge is 0.395 e. The van der Waals surface area contributed by atoms with Crippen LogP contribution in [-0.4, -0.2) is 42.4 Å². The summed E-state index contributed by atoms with van der Waals surface area (Å²) < 4.78 is 0. The summed E-state index contributed by atoms with van der Waals surface area (Å²) in [5.74, 6) is 0.977. The Balaban J connectivity index is 2.01. The van der Waals surface area contributed by atoms with Gasteiger partial charge in [0, 0.05) is 37.4 Å². The van der Waals surface area contributed by atoms with E-state index in [0.717, 1.165) is 30.2 Å². The Bertz CT molecular complexity index is 458. The Morgan fingerprint density at radius 3 is 2.80 bits per heavy atom. The molecule has 0 unspecified atom stereocenters. The molecule has 1 aromatic heterocycles. The lowest BCUT2D eigenvalue weighted by atomic mass is 10.2. The van der Waals surface area contributed by atoms with Gasteiger partial charge in [0.15, 0.2) is 0 Å². The Hall–Kier alpha value is -1.82. The maximum absolute atomic E-state index is 11.5. The van der Waals surface area contributed by atoms with Crippen molar-refractivity contribution in [2.45, 2.75) is 26.3 Å². The molecule has 0 bridgehead atoms. The molecule has 1 saturated heterocycles. The van der Waals surface area contributed by atoms with Gasteiger partial charge in [-0.2, -0.15) is 0 Å². The van der Waals surface area contributed by atoms with Gasteiger partial charge in [0.25, 0.3) is 0 Å². The third-order valence-corrected chi connectivity index (χ3v) is 3.34. The van der Waals surface area contributed by atoms with Gasteiger partial charge in [-0.15, -0.1) is 0 Å². The van der Waals surface area contributed by atoms with Crippen molar-refractivity contribution in [3.63, 3.8) is 0 Å². The number of hydrogen-bond donors (Lipinski definition) is 3. The second kappa shape index (κ2) is 7.09. The quantitative estimate of drug-likeness (QED) is 0.744. The van der Waals surface area contributed by atoms with Crippen molar-refractivity contribution < 1.29 is 9.90 Å². The van der Waals surface area contributed by atoms with Gasteiger partial charge < -0.3 is 20.6 Å². The van der Waals surface area contributed by atoms with Crippen LogP contribution in [0.2, 0.25) is 0 Å². The highest BCUT2D eigenvalue weighted by atomic mass is 16.3. The third kappa shape index (κ3) is 3.84. The predicted molar refractivity (Wildman–Crippen MR) is 77.7 cm³/mol. The molecule has 0 aliphatic carbocycles. The minimum absolute atomic E-state index is 0.0570. The SMILES string of the molecule is Cc1ccc(CNC(=O)NCCO)c(N2CCCC2)n1. The molecular formula is C14H22N4O2. The van der Waals surface area contributed by atoms with E-state index in [4.69, 9.17) is 5.11 Å². The lowest BCUT2D eigenvalue weighted by Crippen LogP contribution is -2.37. The summed E-state index contributed by atoms with van der Waals surface area (Å²) in [4.78, 5) is 18.4. The summed E-state index contributed by atoms with van der Waals surface area (Å²) >= 11 is 0. The molecule has 3 N–H and O–H groups in total. The molecule has 0 atom stereocenters. The van der Waals surface area contributed by atoms with E-state index in [9.17, 15) is 4.79 Å². The first-order valence-electron chi connectivity index (χ1n) is 7.04. The minimum Gasteiger partial charge on any atom is -0.395 e. The summed E-state index contributed by atoms with van der Waals surface area (Å²) in [6.45, 7) is 4.68. The van der Waals surface area contributed by atoms with E-state index in [1.165, 1.54) is 12.8 Å². The van der Waals surface area contributed by atoms with Crippen LogP contribution in [0.5, 0.6) is 0 Å². The molecule has 6 heteroatoms. The number of nitrogens with zero attached hydrogens (tertiary/aromatic N) is 2. The first-order valence-corrected chi connectivity index (χ1v) is 7.04. The number of aliphatic hydroxyl groups excluding tert-OH is 1. The molecular weight excluding hydrogens is 256 g/mol. The maximum Gasteiger partial charge on any atom is 0.315 e. The van der Waals surface area contributed by atoms with Crippen LogP contribution in [0.25, 0.3) is 0 Å². The molecule has 2 rings (SSSR count). The van der Waals surface area contributed by atoms with Crippen LogP contribution < -0.4 is 15.5 Å². The molecule has 2 heterocycles. The minimum atomic E-state index is -0.271. The Labute approximate surface area is 119 Å². The van der Waals surface area contributed by atoms with Crippen LogP contribution >= 0.6 is 0 Å². The number of anilines is 1. The van der Waals surface area contributed by atoms with Crippen molar-refractivity contribution in [2.24, 2.45) is 0 Å². The van der Waals surface area contributed by atoms with Gasteiger partial charge in [-0.05, 0) is 25.8 Å². The molecule has 1 fully saturated rings. The highest BCUT2D eigenvalue weighted by Crippen LogP contribution is 2.22. The third-order valence-electron chi connectivity index (χ3n) is 3.34. The van der Waals surface area contributed by atoms with E-state index in [1.54, 1.807) is 0 Å². The molecule has 0 aromatic carbocycles. The fraction of sp³-hybridized carbons (Fsp3) is 0.571. The summed E-state index contributed by atoms with van der Waals surface area (Å²) in [7, 11) is 0. The van der Waals surface area contributed by atoms with Crippen molar-refractivity contribution in [3.8, 4) is 0 Å². The number of carbonyl (C=O) groups excluding carboxylic acids is 1. The number of aromatic nitrogens is 1. The van der Waals surface area contributed by atoms with Gasteiger partial charge in [-0.1, -0.05) is 6.07 Å². The molecule has 20 heavy (non-hydrogen) atoms. The highest BCUT2D eigenvalue weighted by Gasteiger charge is 2.17. The average molecular weight is 278 g/mol. The number of pyridine rings is 1. The number of nitrogens with one attached hydrogen (secondary N) is 2. The lowest BCUT2D eigenvalue weighted by Gasteiger charge is -2.20. The van der Waals surface area contributed by atoms with Crippen LogP contribution in [0.15, 0.2) is 12.1 Å². The lowest BCUT2D eigenvalue weighted by molar-refractivity contribution is 0.234. The second-order valence-corrected chi connectivity index (χ2v) is 4.96. The van der Waals surface area contributed by atoms with Gasteiger partial charge >= 0.3 is 6.03 Å². The van der Waals surface area contributed by atoms with E-state index in [-0.39, 0.29) is 19.2 Å². The van der Waals surface area contributed by atoms with Crippen LogP contribution in [0, 0.1) is 6.92 Å². The first-order chi connectivity index (χ1) is 9.70. The van der Waals surface area contributed by atoms with E-state index in [1.807, 2.05) is 19.1 Å². The summed E-state index contributed by atoms with van der Waals surface area (Å²) in [5, 5.41) is 14.0. The first kappa shape index (κ1) is 14.6. The van der Waals surface area contributed by atoms with E-state index >= 15 is 0 Å². The summed E-state index contributed by atoms with van der Waals surface area (Å²) in [5.41, 5.74) is 2.01. The number of urea groups is 1. The molecule has 2 amide bonds. The van der Waals surface area contributed by atoms with Crippen LogP contribution in [0.1, 0.15) is 24.1 Å². The highest BCUT2D eigenvalue weighted by molar-refractivity contribution is 5.74.